The quantitative estimate of drug-likeness (QED) is 0.659. The molecule has 54 valence electrons. The van der Waals surface area contributed by atoms with E-state index < -0.39 is 0 Å². The van der Waals surface area contributed by atoms with Gasteiger partial charge in [-0.1, -0.05) is 11.3 Å². The molecule has 0 unspecified atom stereocenters. The minimum atomic E-state index is 0.353. The molecule has 2 heterocycles. The van der Waals surface area contributed by atoms with Gasteiger partial charge in [0, 0.05) is 11.4 Å². The van der Waals surface area contributed by atoms with Gasteiger partial charge in [-0.2, -0.15) is 0 Å². The van der Waals surface area contributed by atoms with Crippen molar-refractivity contribution in [3.05, 3.63) is 10.9 Å². The molecule has 1 aromatic heterocycles. The highest BCUT2D eigenvalue weighted by atomic mass is 32.1. The Hall–Kier alpha value is -0.740. The van der Waals surface area contributed by atoms with Crippen LogP contribution in [0.2, 0.25) is 0 Å². The van der Waals surface area contributed by atoms with Gasteiger partial charge in [0.05, 0.1) is 0 Å². The van der Waals surface area contributed by atoms with Crippen molar-refractivity contribution < 1.29 is 9.47 Å². The second-order valence-corrected chi connectivity index (χ2v) is 3.07. The molecule has 10 heavy (non-hydrogen) atoms. The topological polar surface area (TPSA) is 44.5 Å². The van der Waals surface area contributed by atoms with Crippen molar-refractivity contribution in [3.8, 4) is 10.8 Å². The van der Waals surface area contributed by atoms with Gasteiger partial charge in [-0.3, -0.25) is 0 Å². The van der Waals surface area contributed by atoms with Gasteiger partial charge in [0.1, 0.15) is 0 Å². The van der Waals surface area contributed by atoms with Gasteiger partial charge in [0.25, 0.3) is 0 Å². The molecule has 0 saturated heterocycles. The molecule has 0 saturated carbocycles. The number of ether oxygens (including phenoxy) is 2. The lowest BCUT2D eigenvalue weighted by Gasteiger charge is -1.90. The third kappa shape index (κ3) is 0.767. The molecule has 1 aliphatic rings. The van der Waals surface area contributed by atoms with Crippen LogP contribution in [0.4, 0.5) is 0 Å². The van der Waals surface area contributed by atoms with Crippen LogP contribution in [0.3, 0.4) is 0 Å². The van der Waals surface area contributed by atoms with Crippen molar-refractivity contribution in [2.24, 2.45) is 5.73 Å². The lowest BCUT2D eigenvalue weighted by Crippen LogP contribution is -1.96. The van der Waals surface area contributed by atoms with Gasteiger partial charge in [0.15, 0.2) is 5.75 Å². The Morgan fingerprint density at radius 1 is 1.60 bits per heavy atom. The van der Waals surface area contributed by atoms with E-state index in [0.29, 0.717) is 13.3 Å². The molecule has 0 radical (unpaired) electrons. The molecular weight excluding hydrogens is 150 g/mol. The Morgan fingerprint density at radius 2 is 2.50 bits per heavy atom. The van der Waals surface area contributed by atoms with Crippen LogP contribution < -0.4 is 15.2 Å². The fraction of sp³-hybridized carbons (Fsp3) is 0.333. The zero-order valence-corrected chi connectivity index (χ0v) is 6.11. The fourth-order valence-corrected chi connectivity index (χ4v) is 1.67. The average molecular weight is 157 g/mol. The van der Waals surface area contributed by atoms with Crippen molar-refractivity contribution >= 4 is 11.3 Å². The third-order valence-corrected chi connectivity index (χ3v) is 2.37. The van der Waals surface area contributed by atoms with Crippen LogP contribution in [0.1, 0.15) is 4.88 Å². The maximum Gasteiger partial charge on any atom is 0.232 e. The first-order chi connectivity index (χ1) is 4.90. The van der Waals surface area contributed by atoms with Crippen LogP contribution >= 0.6 is 11.3 Å². The van der Waals surface area contributed by atoms with Crippen LogP contribution in [0.5, 0.6) is 10.8 Å². The van der Waals surface area contributed by atoms with Gasteiger partial charge >= 0.3 is 0 Å². The zero-order chi connectivity index (χ0) is 6.97. The number of fused-ring (bicyclic) bond motifs is 1. The molecule has 1 aromatic rings. The van der Waals surface area contributed by atoms with Gasteiger partial charge in [-0.15, -0.1) is 0 Å². The minimum Gasteiger partial charge on any atom is -0.453 e. The number of hydrogen-bond acceptors (Lipinski definition) is 4. The zero-order valence-electron chi connectivity index (χ0n) is 5.29. The van der Waals surface area contributed by atoms with Gasteiger partial charge in [0.2, 0.25) is 11.9 Å². The third-order valence-electron chi connectivity index (χ3n) is 1.32. The Kier molecular flexibility index (Phi) is 1.28. The van der Waals surface area contributed by atoms with E-state index in [1.54, 1.807) is 11.3 Å². The molecular formula is C6H7NO2S. The van der Waals surface area contributed by atoms with E-state index in [4.69, 9.17) is 15.2 Å². The monoisotopic (exact) mass is 157 g/mol. The highest BCUT2D eigenvalue weighted by Gasteiger charge is 2.16. The van der Waals surface area contributed by atoms with Crippen LogP contribution in [-0.4, -0.2) is 6.79 Å². The van der Waals surface area contributed by atoms with E-state index in [1.807, 2.05) is 6.07 Å². The van der Waals surface area contributed by atoms with Crippen LogP contribution in [0.25, 0.3) is 0 Å². The maximum atomic E-state index is 5.41. The van der Waals surface area contributed by atoms with E-state index in [-0.39, 0.29) is 0 Å². The predicted octanol–water partition coefficient (Wildman–Crippen LogP) is 0.935. The Bertz CT molecular complexity index is 224. The lowest BCUT2D eigenvalue weighted by molar-refractivity contribution is 0.175. The van der Waals surface area contributed by atoms with E-state index in [1.165, 1.54) is 0 Å². The summed E-state index contributed by atoms with van der Waals surface area (Å²) in [5.74, 6) is 0.838. The summed E-state index contributed by atoms with van der Waals surface area (Å²) >= 11 is 1.55. The first kappa shape index (κ1) is 6.00. The number of rotatable bonds is 1. The highest BCUT2D eigenvalue weighted by Crippen LogP contribution is 2.40. The molecule has 0 aromatic carbocycles. The van der Waals surface area contributed by atoms with E-state index in [9.17, 15) is 0 Å². The summed E-state index contributed by atoms with van der Waals surface area (Å²) in [5, 5.41) is 0.862. The van der Waals surface area contributed by atoms with Crippen molar-refractivity contribution in [3.63, 3.8) is 0 Å². The number of nitrogens with two attached hydrogens (primary N) is 1. The lowest BCUT2D eigenvalue weighted by atomic mass is 10.4. The standard InChI is InChI=1S/C6H7NO2S/c7-2-4-1-5-6(10-4)9-3-8-5/h1H,2-3,7H2. The van der Waals surface area contributed by atoms with Gasteiger partial charge in [-0.25, -0.2) is 0 Å². The second-order valence-electron chi connectivity index (χ2n) is 1.98. The summed E-state index contributed by atoms with van der Waals surface area (Å²) < 4.78 is 10.2. The second kappa shape index (κ2) is 2.14. The molecule has 0 spiro atoms. The van der Waals surface area contributed by atoms with Crippen molar-refractivity contribution in [1.29, 1.82) is 0 Å². The summed E-state index contributed by atoms with van der Waals surface area (Å²) in [6.07, 6.45) is 0. The summed E-state index contributed by atoms with van der Waals surface area (Å²) in [4.78, 5) is 1.10. The SMILES string of the molecule is NCc1cc2c(s1)OCO2. The Labute approximate surface area is 62.4 Å². The Balaban J connectivity index is 2.37. The molecule has 2 rings (SSSR count). The maximum absolute atomic E-state index is 5.41. The van der Waals surface area contributed by atoms with Crippen LogP contribution in [0, 0.1) is 0 Å². The molecule has 0 bridgehead atoms. The first-order valence-corrected chi connectivity index (χ1v) is 3.80. The summed E-state index contributed by atoms with van der Waals surface area (Å²) in [6.45, 7) is 0.913. The van der Waals surface area contributed by atoms with Crippen molar-refractivity contribution in [2.45, 2.75) is 6.54 Å². The predicted molar refractivity (Wildman–Crippen MR) is 38.3 cm³/mol. The van der Waals surface area contributed by atoms with E-state index in [2.05, 4.69) is 0 Å². The Morgan fingerprint density at radius 3 is 3.20 bits per heavy atom. The molecule has 3 nitrogen and oxygen atoms in total. The van der Waals surface area contributed by atoms with E-state index >= 15 is 0 Å². The number of thiophene rings is 1. The van der Waals surface area contributed by atoms with Crippen molar-refractivity contribution in [2.75, 3.05) is 6.79 Å². The minimum absolute atomic E-state index is 0.353. The normalized spacial score (nSPS) is 14.1. The average Bonchev–Trinajstić information content (AvgIpc) is 2.42. The molecule has 0 aliphatic carbocycles. The van der Waals surface area contributed by atoms with E-state index in [0.717, 1.165) is 15.7 Å². The smallest absolute Gasteiger partial charge is 0.232 e. The van der Waals surface area contributed by atoms with Crippen molar-refractivity contribution in [1.82, 2.24) is 0 Å². The molecule has 0 fully saturated rings. The molecule has 1 aliphatic heterocycles. The largest absolute Gasteiger partial charge is 0.453 e. The first-order valence-electron chi connectivity index (χ1n) is 2.98. The fourth-order valence-electron chi connectivity index (χ4n) is 0.852. The summed E-state index contributed by atoms with van der Waals surface area (Å²) in [5.41, 5.74) is 5.41. The summed E-state index contributed by atoms with van der Waals surface area (Å²) in [7, 11) is 0. The highest BCUT2D eigenvalue weighted by molar-refractivity contribution is 7.14. The summed E-state index contributed by atoms with van der Waals surface area (Å²) in [6, 6.07) is 1.92. The molecule has 4 heteroatoms. The number of hydrogen-bond donors (Lipinski definition) is 1. The molecule has 2 N–H and O–H groups in total. The van der Waals surface area contributed by atoms with Gasteiger partial charge < -0.3 is 15.2 Å². The van der Waals surface area contributed by atoms with Crippen LogP contribution in [0.15, 0.2) is 6.07 Å². The van der Waals surface area contributed by atoms with Crippen LogP contribution in [-0.2, 0) is 6.54 Å². The molecule has 0 atom stereocenters. The van der Waals surface area contributed by atoms with Gasteiger partial charge in [-0.05, 0) is 6.07 Å². The molecule has 0 amide bonds.